The molecule has 1 atom stereocenters. The van der Waals surface area contributed by atoms with E-state index in [1.165, 1.54) is 16.7 Å². The summed E-state index contributed by atoms with van der Waals surface area (Å²) in [5.41, 5.74) is 6.67. The summed E-state index contributed by atoms with van der Waals surface area (Å²) in [7, 11) is 0. The average Bonchev–Trinajstić information content (AvgIpc) is 3.42. The average molecular weight is 482 g/mol. The third-order valence-corrected chi connectivity index (χ3v) is 7.02. The van der Waals surface area contributed by atoms with Crippen molar-refractivity contribution in [1.29, 1.82) is 0 Å². The molecule has 3 aromatic carbocycles. The fourth-order valence-corrected chi connectivity index (χ4v) is 5.37. The Bertz CT molecular complexity index is 1370. The molecule has 36 heavy (non-hydrogen) atoms. The summed E-state index contributed by atoms with van der Waals surface area (Å²) in [5.74, 6) is 2.61. The number of aromatic nitrogens is 2. The molecule has 186 valence electrons. The van der Waals surface area contributed by atoms with Crippen LogP contribution >= 0.6 is 0 Å². The van der Waals surface area contributed by atoms with E-state index in [4.69, 9.17) is 9.72 Å². The van der Waals surface area contributed by atoms with Crippen molar-refractivity contribution in [2.24, 2.45) is 0 Å². The molecule has 0 saturated carbocycles. The zero-order valence-electron chi connectivity index (χ0n) is 21.7. The number of para-hydroxylation sites is 3. The van der Waals surface area contributed by atoms with E-state index in [1.54, 1.807) is 0 Å². The van der Waals surface area contributed by atoms with Crippen LogP contribution in [-0.4, -0.2) is 28.6 Å². The highest BCUT2D eigenvalue weighted by atomic mass is 16.5. The molecule has 0 N–H and O–H groups in total. The summed E-state index contributed by atoms with van der Waals surface area (Å²) in [4.78, 5) is 20.0. The van der Waals surface area contributed by atoms with Crippen molar-refractivity contribution >= 4 is 22.6 Å². The number of ether oxygens (including phenoxy) is 1. The Hall–Kier alpha value is -3.60. The standard InChI is InChI=1S/C31H35N3O2/c1-21(2)26-10-5-8-13-29(26)36-15-9-14-33-28-12-7-6-11-27(28)32-31(33)24-19-30(35)34(20-24)25-17-22(3)16-23(4)18-25/h5-8,10-13,16-18,21,24H,9,14-15,19-20H2,1-4H3. The molecule has 4 aromatic rings. The number of rotatable bonds is 8. The van der Waals surface area contributed by atoms with Gasteiger partial charge in [-0.05, 0) is 73.2 Å². The third kappa shape index (κ3) is 4.88. The number of hydrogen-bond donors (Lipinski definition) is 0. The van der Waals surface area contributed by atoms with E-state index in [-0.39, 0.29) is 11.8 Å². The number of benzene rings is 3. The fraction of sp³-hybridized carbons (Fsp3) is 0.355. The highest BCUT2D eigenvalue weighted by Crippen LogP contribution is 2.34. The largest absolute Gasteiger partial charge is 0.493 e. The van der Waals surface area contributed by atoms with Crippen LogP contribution in [0.15, 0.2) is 66.7 Å². The fourth-order valence-electron chi connectivity index (χ4n) is 5.37. The van der Waals surface area contributed by atoms with Gasteiger partial charge in [0.2, 0.25) is 5.91 Å². The van der Waals surface area contributed by atoms with Crippen LogP contribution < -0.4 is 9.64 Å². The smallest absolute Gasteiger partial charge is 0.227 e. The second-order valence-corrected chi connectivity index (χ2v) is 10.3. The lowest BCUT2D eigenvalue weighted by atomic mass is 10.0. The van der Waals surface area contributed by atoms with Gasteiger partial charge in [0.05, 0.1) is 17.6 Å². The molecule has 1 aliphatic rings. The molecule has 0 bridgehead atoms. The van der Waals surface area contributed by atoms with E-state index in [0.717, 1.165) is 41.3 Å². The number of imidazole rings is 1. The topological polar surface area (TPSA) is 47.4 Å². The maximum Gasteiger partial charge on any atom is 0.227 e. The number of carbonyl (C=O) groups excluding carboxylic acids is 1. The van der Waals surface area contributed by atoms with Crippen LogP contribution in [0.4, 0.5) is 5.69 Å². The highest BCUT2D eigenvalue weighted by Gasteiger charge is 2.35. The zero-order chi connectivity index (χ0) is 25.2. The quantitative estimate of drug-likeness (QED) is 0.261. The van der Waals surface area contributed by atoms with Crippen molar-refractivity contribution in [3.05, 3.63) is 89.2 Å². The van der Waals surface area contributed by atoms with E-state index in [1.807, 2.05) is 17.0 Å². The van der Waals surface area contributed by atoms with E-state index < -0.39 is 0 Å². The van der Waals surface area contributed by atoms with Gasteiger partial charge >= 0.3 is 0 Å². The summed E-state index contributed by atoms with van der Waals surface area (Å²) in [6.45, 7) is 10.6. The Balaban J connectivity index is 1.35. The molecule has 0 radical (unpaired) electrons. The Kier molecular flexibility index (Phi) is 6.82. The molecule has 1 amide bonds. The van der Waals surface area contributed by atoms with Crippen molar-refractivity contribution in [2.75, 3.05) is 18.1 Å². The van der Waals surface area contributed by atoms with Crippen LogP contribution in [0.25, 0.3) is 11.0 Å². The number of carbonyl (C=O) groups is 1. The lowest BCUT2D eigenvalue weighted by Gasteiger charge is -2.19. The molecule has 2 heterocycles. The van der Waals surface area contributed by atoms with E-state index in [0.29, 0.717) is 25.5 Å². The molecule has 5 rings (SSSR count). The van der Waals surface area contributed by atoms with Crippen LogP contribution in [0, 0.1) is 13.8 Å². The lowest BCUT2D eigenvalue weighted by Crippen LogP contribution is -2.24. The monoisotopic (exact) mass is 481 g/mol. The Morgan fingerprint density at radius 2 is 1.72 bits per heavy atom. The minimum Gasteiger partial charge on any atom is -0.493 e. The molecular formula is C31H35N3O2. The molecule has 1 aliphatic heterocycles. The van der Waals surface area contributed by atoms with Gasteiger partial charge in [-0.3, -0.25) is 4.79 Å². The van der Waals surface area contributed by atoms with Crippen LogP contribution in [-0.2, 0) is 11.3 Å². The first kappa shape index (κ1) is 24.1. The molecule has 5 nitrogen and oxygen atoms in total. The van der Waals surface area contributed by atoms with Crippen LogP contribution in [0.3, 0.4) is 0 Å². The van der Waals surface area contributed by atoms with Crippen molar-refractivity contribution in [3.8, 4) is 5.75 Å². The second-order valence-electron chi connectivity index (χ2n) is 10.3. The Labute approximate surface area is 213 Å². The molecule has 0 aliphatic carbocycles. The van der Waals surface area contributed by atoms with Crippen LogP contribution in [0.2, 0.25) is 0 Å². The number of nitrogens with zero attached hydrogens (tertiary/aromatic N) is 3. The maximum atomic E-state index is 13.1. The molecule has 0 spiro atoms. The zero-order valence-corrected chi connectivity index (χ0v) is 21.7. The summed E-state index contributed by atoms with van der Waals surface area (Å²) >= 11 is 0. The summed E-state index contributed by atoms with van der Waals surface area (Å²) in [6.07, 6.45) is 1.34. The van der Waals surface area contributed by atoms with Crippen molar-refractivity contribution in [3.63, 3.8) is 0 Å². The van der Waals surface area contributed by atoms with Gasteiger partial charge in [-0.15, -0.1) is 0 Å². The molecule has 1 fully saturated rings. The molecular weight excluding hydrogens is 446 g/mol. The lowest BCUT2D eigenvalue weighted by molar-refractivity contribution is -0.117. The maximum absolute atomic E-state index is 13.1. The number of amides is 1. The summed E-state index contributed by atoms with van der Waals surface area (Å²) in [5, 5.41) is 0. The highest BCUT2D eigenvalue weighted by molar-refractivity contribution is 5.96. The van der Waals surface area contributed by atoms with E-state index >= 15 is 0 Å². The van der Waals surface area contributed by atoms with Crippen molar-refractivity contribution in [2.45, 2.75) is 58.9 Å². The second kappa shape index (κ2) is 10.2. The van der Waals surface area contributed by atoms with Gasteiger partial charge in [-0.2, -0.15) is 0 Å². The number of aryl methyl sites for hydroxylation is 3. The molecule has 5 heteroatoms. The first-order chi connectivity index (χ1) is 17.4. The number of hydrogen-bond acceptors (Lipinski definition) is 3. The van der Waals surface area contributed by atoms with Crippen LogP contribution in [0.5, 0.6) is 5.75 Å². The van der Waals surface area contributed by atoms with E-state index in [2.05, 4.69) is 86.9 Å². The predicted octanol–water partition coefficient (Wildman–Crippen LogP) is 6.77. The number of fused-ring (bicyclic) bond motifs is 1. The van der Waals surface area contributed by atoms with Gasteiger partial charge in [0.15, 0.2) is 0 Å². The van der Waals surface area contributed by atoms with Crippen molar-refractivity contribution < 1.29 is 9.53 Å². The van der Waals surface area contributed by atoms with Gasteiger partial charge in [-0.25, -0.2) is 4.98 Å². The summed E-state index contributed by atoms with van der Waals surface area (Å²) in [6, 6.07) is 22.9. The Morgan fingerprint density at radius 1 is 1.00 bits per heavy atom. The van der Waals surface area contributed by atoms with Gasteiger partial charge in [0.1, 0.15) is 11.6 Å². The van der Waals surface area contributed by atoms with E-state index in [9.17, 15) is 4.79 Å². The molecule has 1 saturated heterocycles. The first-order valence-corrected chi connectivity index (χ1v) is 13.0. The molecule has 1 aromatic heterocycles. The predicted molar refractivity (Wildman–Crippen MR) is 146 cm³/mol. The van der Waals surface area contributed by atoms with Gasteiger partial charge in [-0.1, -0.05) is 50.2 Å². The van der Waals surface area contributed by atoms with Crippen molar-refractivity contribution in [1.82, 2.24) is 9.55 Å². The minimum absolute atomic E-state index is 0.0632. The minimum atomic E-state index is 0.0632. The number of anilines is 1. The first-order valence-electron chi connectivity index (χ1n) is 13.0. The molecule has 1 unspecified atom stereocenters. The van der Waals surface area contributed by atoms with Crippen LogP contribution in [0.1, 0.15) is 61.0 Å². The third-order valence-electron chi connectivity index (χ3n) is 7.02. The van der Waals surface area contributed by atoms with Gasteiger partial charge < -0.3 is 14.2 Å². The Morgan fingerprint density at radius 3 is 2.50 bits per heavy atom. The SMILES string of the molecule is Cc1cc(C)cc(N2CC(c3nc4ccccc4n3CCCOc3ccccc3C(C)C)CC2=O)c1. The normalized spacial score (nSPS) is 15.9. The van der Waals surface area contributed by atoms with Gasteiger partial charge in [0.25, 0.3) is 0 Å². The van der Waals surface area contributed by atoms with Gasteiger partial charge in [0, 0.05) is 31.1 Å². The summed E-state index contributed by atoms with van der Waals surface area (Å²) < 4.78 is 8.49.